The highest BCUT2D eigenvalue weighted by molar-refractivity contribution is 5.79. The summed E-state index contributed by atoms with van der Waals surface area (Å²) in [6.45, 7) is 2.29. The standard InChI is InChI=1S/2C7H6O2.C6H16N2/c2*8-5-6-3-1-2-4-7(6)9;1-7(2)5-6-8(3)4/h2*1-5,9H;5-6H2,1-4H3. The first-order chi connectivity index (χ1) is 12.3. The number of phenolic OH excluding ortho intramolecular Hbond substituents is 2. The quantitative estimate of drug-likeness (QED) is 0.798. The van der Waals surface area contributed by atoms with Crippen LogP contribution in [0.4, 0.5) is 0 Å². The molecule has 2 aromatic rings. The minimum atomic E-state index is 0.0347. The zero-order chi connectivity index (χ0) is 19.9. The summed E-state index contributed by atoms with van der Waals surface area (Å²) >= 11 is 0. The molecule has 6 heteroatoms. The number of nitrogens with zero attached hydrogens (tertiary/aromatic N) is 2. The van der Waals surface area contributed by atoms with E-state index in [0.717, 1.165) is 13.1 Å². The van der Waals surface area contributed by atoms with Crippen LogP contribution in [0.15, 0.2) is 48.5 Å². The Morgan fingerprint density at radius 3 is 1.19 bits per heavy atom. The Balaban J connectivity index is 0.000000362. The van der Waals surface area contributed by atoms with Crippen LogP contribution in [0, 0.1) is 0 Å². The molecule has 0 saturated carbocycles. The van der Waals surface area contributed by atoms with E-state index in [-0.39, 0.29) is 11.5 Å². The molecule has 2 aromatic carbocycles. The molecule has 6 nitrogen and oxygen atoms in total. The number of benzene rings is 2. The summed E-state index contributed by atoms with van der Waals surface area (Å²) in [7, 11) is 8.35. The number of likely N-dealkylation sites (N-methyl/N-ethyl adjacent to an activating group) is 2. The highest BCUT2D eigenvalue weighted by Gasteiger charge is 1.94. The molecule has 26 heavy (non-hydrogen) atoms. The number of aldehydes is 2. The van der Waals surface area contributed by atoms with E-state index in [0.29, 0.717) is 23.7 Å². The summed E-state index contributed by atoms with van der Waals surface area (Å²) < 4.78 is 0. The fraction of sp³-hybridized carbons (Fsp3) is 0.300. The zero-order valence-electron chi connectivity index (χ0n) is 15.8. The summed E-state index contributed by atoms with van der Waals surface area (Å²) in [6.07, 6.45) is 1.24. The Morgan fingerprint density at radius 1 is 0.692 bits per heavy atom. The van der Waals surface area contributed by atoms with Gasteiger partial charge in [-0.1, -0.05) is 24.3 Å². The maximum Gasteiger partial charge on any atom is 0.153 e. The third kappa shape index (κ3) is 11.0. The molecule has 0 amide bonds. The van der Waals surface area contributed by atoms with Gasteiger partial charge in [0, 0.05) is 13.1 Å². The molecular formula is C20H28N2O4. The topological polar surface area (TPSA) is 81.1 Å². The van der Waals surface area contributed by atoms with Crippen molar-refractivity contribution < 1.29 is 19.8 Å². The first kappa shape index (κ1) is 23.3. The predicted molar refractivity (Wildman–Crippen MR) is 104 cm³/mol. The molecular weight excluding hydrogens is 332 g/mol. The van der Waals surface area contributed by atoms with Gasteiger partial charge in [0.1, 0.15) is 11.5 Å². The van der Waals surface area contributed by atoms with Crippen molar-refractivity contribution >= 4 is 12.6 Å². The largest absolute Gasteiger partial charge is 0.507 e. The van der Waals surface area contributed by atoms with Crippen LogP contribution in [0.1, 0.15) is 20.7 Å². The Morgan fingerprint density at radius 2 is 1.00 bits per heavy atom. The maximum atomic E-state index is 10.1. The van der Waals surface area contributed by atoms with Crippen LogP contribution < -0.4 is 0 Å². The Kier molecular flexibility index (Phi) is 12.2. The third-order valence-corrected chi connectivity index (χ3v) is 3.12. The van der Waals surface area contributed by atoms with Crippen molar-refractivity contribution in [2.75, 3.05) is 41.3 Å². The van der Waals surface area contributed by atoms with Crippen LogP contribution in [0.2, 0.25) is 0 Å². The molecule has 2 N–H and O–H groups in total. The molecule has 0 radical (unpaired) electrons. The average Bonchev–Trinajstić information content (AvgIpc) is 2.62. The molecule has 0 spiro atoms. The summed E-state index contributed by atoms with van der Waals surface area (Å²) in [4.78, 5) is 24.5. The number of para-hydroxylation sites is 2. The van der Waals surface area contributed by atoms with E-state index < -0.39 is 0 Å². The van der Waals surface area contributed by atoms with Crippen LogP contribution in [-0.2, 0) is 0 Å². The van der Waals surface area contributed by atoms with Gasteiger partial charge in [-0.25, -0.2) is 0 Å². The fourth-order valence-corrected chi connectivity index (χ4v) is 1.57. The summed E-state index contributed by atoms with van der Waals surface area (Å²) in [5.41, 5.74) is 0.662. The van der Waals surface area contributed by atoms with Crippen molar-refractivity contribution in [2.45, 2.75) is 0 Å². The second kappa shape index (κ2) is 13.6. The molecule has 0 aliphatic carbocycles. The van der Waals surface area contributed by atoms with E-state index in [1.165, 1.54) is 12.1 Å². The minimum Gasteiger partial charge on any atom is -0.507 e. The van der Waals surface area contributed by atoms with E-state index in [4.69, 9.17) is 10.2 Å². The molecule has 2 rings (SSSR count). The highest BCUT2D eigenvalue weighted by atomic mass is 16.3. The van der Waals surface area contributed by atoms with Crippen molar-refractivity contribution in [3.05, 3.63) is 59.7 Å². The SMILES string of the molecule is CN(C)CCN(C)C.O=Cc1ccccc1O.O=Cc1ccccc1O. The van der Waals surface area contributed by atoms with Gasteiger partial charge in [0.2, 0.25) is 0 Å². The van der Waals surface area contributed by atoms with Gasteiger partial charge in [-0.3, -0.25) is 9.59 Å². The Labute approximate surface area is 155 Å². The van der Waals surface area contributed by atoms with Gasteiger partial charge in [-0.2, -0.15) is 0 Å². The van der Waals surface area contributed by atoms with Gasteiger partial charge in [-0.05, 0) is 52.5 Å². The number of hydrogen-bond acceptors (Lipinski definition) is 6. The predicted octanol–water partition coefficient (Wildman–Crippen LogP) is 2.52. The van der Waals surface area contributed by atoms with Gasteiger partial charge in [-0.15, -0.1) is 0 Å². The summed E-state index contributed by atoms with van der Waals surface area (Å²) in [6, 6.07) is 12.8. The molecule has 0 aromatic heterocycles. The van der Waals surface area contributed by atoms with Crippen molar-refractivity contribution in [1.29, 1.82) is 0 Å². The summed E-state index contributed by atoms with van der Waals surface area (Å²) in [5.74, 6) is 0.0694. The van der Waals surface area contributed by atoms with E-state index in [2.05, 4.69) is 38.0 Å². The van der Waals surface area contributed by atoms with Crippen LogP contribution >= 0.6 is 0 Å². The van der Waals surface area contributed by atoms with Crippen molar-refractivity contribution in [2.24, 2.45) is 0 Å². The molecule has 0 saturated heterocycles. The lowest BCUT2D eigenvalue weighted by molar-refractivity contribution is 0.111. The summed E-state index contributed by atoms with van der Waals surface area (Å²) in [5, 5.41) is 17.8. The van der Waals surface area contributed by atoms with Crippen LogP contribution in [0.5, 0.6) is 11.5 Å². The number of aromatic hydroxyl groups is 2. The first-order valence-electron chi connectivity index (χ1n) is 8.07. The number of carbonyl (C=O) groups excluding carboxylic acids is 2. The number of rotatable bonds is 5. The zero-order valence-corrected chi connectivity index (χ0v) is 15.8. The lowest BCUT2D eigenvalue weighted by Crippen LogP contribution is -2.25. The molecule has 0 bridgehead atoms. The van der Waals surface area contributed by atoms with Crippen molar-refractivity contribution in [3.63, 3.8) is 0 Å². The van der Waals surface area contributed by atoms with Gasteiger partial charge in [0.25, 0.3) is 0 Å². The maximum absolute atomic E-state index is 10.1. The molecule has 142 valence electrons. The fourth-order valence-electron chi connectivity index (χ4n) is 1.57. The van der Waals surface area contributed by atoms with Crippen molar-refractivity contribution in [3.8, 4) is 11.5 Å². The molecule has 0 aliphatic heterocycles. The molecule has 0 fully saturated rings. The van der Waals surface area contributed by atoms with E-state index in [1.54, 1.807) is 36.4 Å². The smallest absolute Gasteiger partial charge is 0.153 e. The molecule has 0 heterocycles. The first-order valence-corrected chi connectivity index (χ1v) is 8.07. The van der Waals surface area contributed by atoms with Gasteiger partial charge >= 0.3 is 0 Å². The molecule has 0 aliphatic rings. The van der Waals surface area contributed by atoms with Crippen LogP contribution in [-0.4, -0.2) is 73.9 Å². The van der Waals surface area contributed by atoms with Gasteiger partial charge < -0.3 is 20.0 Å². The van der Waals surface area contributed by atoms with E-state index in [1.807, 2.05) is 0 Å². The average molecular weight is 360 g/mol. The molecule has 0 unspecified atom stereocenters. The van der Waals surface area contributed by atoms with Gasteiger partial charge in [0.15, 0.2) is 12.6 Å². The number of carbonyl (C=O) groups is 2. The van der Waals surface area contributed by atoms with E-state index in [9.17, 15) is 9.59 Å². The second-order valence-corrected chi connectivity index (χ2v) is 5.96. The van der Waals surface area contributed by atoms with Crippen LogP contribution in [0.3, 0.4) is 0 Å². The lowest BCUT2D eigenvalue weighted by atomic mass is 10.2. The number of hydrogen-bond donors (Lipinski definition) is 2. The van der Waals surface area contributed by atoms with E-state index >= 15 is 0 Å². The normalized spacial score (nSPS) is 9.62. The Hall–Kier alpha value is -2.70. The second-order valence-electron chi connectivity index (χ2n) is 5.96. The highest BCUT2D eigenvalue weighted by Crippen LogP contribution is 2.12. The Bertz CT molecular complexity index is 600. The van der Waals surface area contributed by atoms with Crippen LogP contribution in [0.25, 0.3) is 0 Å². The monoisotopic (exact) mass is 360 g/mol. The van der Waals surface area contributed by atoms with Crippen molar-refractivity contribution in [1.82, 2.24) is 9.80 Å². The molecule has 0 atom stereocenters. The number of phenols is 2. The minimum absolute atomic E-state index is 0.0347. The lowest BCUT2D eigenvalue weighted by Gasteiger charge is -2.13. The van der Waals surface area contributed by atoms with Gasteiger partial charge in [0.05, 0.1) is 11.1 Å². The third-order valence-electron chi connectivity index (χ3n) is 3.12.